The number of hydrogen-bond donors (Lipinski definition) is 0. The summed E-state index contributed by atoms with van der Waals surface area (Å²) < 4.78 is 5.93. The zero-order valence-electron chi connectivity index (χ0n) is 10.3. The molecule has 0 fully saturated rings. The summed E-state index contributed by atoms with van der Waals surface area (Å²) in [7, 11) is -1.60. The second-order valence-corrected chi connectivity index (χ2v) is 9.91. The molecule has 0 saturated heterocycles. The predicted octanol–water partition coefficient (Wildman–Crippen LogP) is 3.59. The summed E-state index contributed by atoms with van der Waals surface area (Å²) >= 11 is 0. The van der Waals surface area contributed by atoms with Gasteiger partial charge in [-0.15, -0.1) is 6.42 Å². The molecular formula is C12H22OSi. The molecule has 0 bridgehead atoms. The van der Waals surface area contributed by atoms with Crippen molar-refractivity contribution in [3.05, 3.63) is 11.6 Å². The minimum atomic E-state index is -1.60. The molecular weight excluding hydrogens is 188 g/mol. The summed E-state index contributed by atoms with van der Waals surface area (Å²) in [5, 5.41) is 0.269. The first-order valence-corrected chi connectivity index (χ1v) is 7.89. The van der Waals surface area contributed by atoms with Crippen LogP contribution in [0, 0.1) is 12.3 Å². The standard InChI is InChI=1S/C12H22OSi/c1-8-11(2)9-10-13-14(6,7)12(3,4)5/h1,9H,10H2,2-7H3. The molecule has 1 nitrogen and oxygen atoms in total. The van der Waals surface area contributed by atoms with Gasteiger partial charge in [0.25, 0.3) is 0 Å². The van der Waals surface area contributed by atoms with Crippen LogP contribution in [0.3, 0.4) is 0 Å². The molecule has 0 unspecified atom stereocenters. The summed E-state index contributed by atoms with van der Waals surface area (Å²) in [5.41, 5.74) is 0.948. The summed E-state index contributed by atoms with van der Waals surface area (Å²) in [6.45, 7) is 13.8. The van der Waals surface area contributed by atoms with Gasteiger partial charge >= 0.3 is 0 Å². The highest BCUT2D eigenvalue weighted by atomic mass is 28.4. The van der Waals surface area contributed by atoms with Gasteiger partial charge in [0.05, 0.1) is 6.61 Å². The monoisotopic (exact) mass is 210 g/mol. The molecule has 0 rings (SSSR count). The molecule has 14 heavy (non-hydrogen) atoms. The molecule has 80 valence electrons. The Balaban J connectivity index is 4.22. The van der Waals surface area contributed by atoms with E-state index in [1.165, 1.54) is 0 Å². The van der Waals surface area contributed by atoms with Crippen molar-refractivity contribution in [2.45, 2.75) is 45.8 Å². The van der Waals surface area contributed by atoms with E-state index < -0.39 is 8.32 Å². The lowest BCUT2D eigenvalue weighted by Gasteiger charge is -2.35. The normalized spacial score (nSPS) is 13.9. The highest BCUT2D eigenvalue weighted by Gasteiger charge is 2.36. The van der Waals surface area contributed by atoms with Gasteiger partial charge in [0.1, 0.15) is 0 Å². The SMILES string of the molecule is C#CC(C)=CCO[Si](C)(C)C(C)(C)C. The Morgan fingerprint density at radius 3 is 2.29 bits per heavy atom. The Morgan fingerprint density at radius 2 is 1.93 bits per heavy atom. The van der Waals surface area contributed by atoms with E-state index in [1.807, 2.05) is 13.0 Å². The van der Waals surface area contributed by atoms with Gasteiger partial charge in [-0.1, -0.05) is 26.7 Å². The van der Waals surface area contributed by atoms with E-state index in [-0.39, 0.29) is 5.04 Å². The molecule has 0 N–H and O–H groups in total. The fourth-order valence-electron chi connectivity index (χ4n) is 0.650. The molecule has 0 amide bonds. The van der Waals surface area contributed by atoms with Gasteiger partial charge in [-0.3, -0.25) is 0 Å². The van der Waals surface area contributed by atoms with Gasteiger partial charge in [0.15, 0.2) is 8.32 Å². The molecule has 0 heterocycles. The van der Waals surface area contributed by atoms with E-state index in [2.05, 4.69) is 39.8 Å². The van der Waals surface area contributed by atoms with Crippen LogP contribution in [-0.4, -0.2) is 14.9 Å². The van der Waals surface area contributed by atoms with E-state index in [0.29, 0.717) is 6.61 Å². The molecule has 0 aliphatic heterocycles. The van der Waals surface area contributed by atoms with Crippen molar-refractivity contribution in [3.8, 4) is 12.3 Å². The second kappa shape index (κ2) is 4.81. The second-order valence-electron chi connectivity index (χ2n) is 5.10. The molecule has 0 aromatic rings. The molecule has 0 aromatic heterocycles. The zero-order valence-corrected chi connectivity index (χ0v) is 11.3. The van der Waals surface area contributed by atoms with Crippen LogP contribution >= 0.6 is 0 Å². The maximum absolute atomic E-state index is 5.93. The van der Waals surface area contributed by atoms with Crippen molar-refractivity contribution < 1.29 is 4.43 Å². The lowest BCUT2D eigenvalue weighted by atomic mass is 10.2. The molecule has 0 aliphatic carbocycles. The smallest absolute Gasteiger partial charge is 0.192 e. The molecule has 0 radical (unpaired) electrons. The van der Waals surface area contributed by atoms with Crippen molar-refractivity contribution >= 4 is 8.32 Å². The number of rotatable bonds is 3. The van der Waals surface area contributed by atoms with Gasteiger partial charge in [0.2, 0.25) is 0 Å². The lowest BCUT2D eigenvalue weighted by Crippen LogP contribution is -2.40. The van der Waals surface area contributed by atoms with Gasteiger partial charge in [-0.25, -0.2) is 0 Å². The number of allylic oxidation sites excluding steroid dienone is 1. The Hall–Kier alpha value is -0.523. The van der Waals surface area contributed by atoms with Gasteiger partial charge < -0.3 is 4.43 Å². The van der Waals surface area contributed by atoms with Crippen LogP contribution in [0.25, 0.3) is 0 Å². The van der Waals surface area contributed by atoms with Crippen LogP contribution in [0.4, 0.5) is 0 Å². The summed E-state index contributed by atoms with van der Waals surface area (Å²) in [6, 6.07) is 0. The average Bonchev–Trinajstić information content (AvgIpc) is 2.01. The maximum atomic E-state index is 5.93. The first-order valence-electron chi connectivity index (χ1n) is 4.98. The lowest BCUT2D eigenvalue weighted by molar-refractivity contribution is 0.327. The van der Waals surface area contributed by atoms with E-state index in [0.717, 1.165) is 5.57 Å². The van der Waals surface area contributed by atoms with Crippen LogP contribution in [0.5, 0.6) is 0 Å². The van der Waals surface area contributed by atoms with Crippen molar-refractivity contribution in [2.24, 2.45) is 0 Å². The molecule has 0 aromatic carbocycles. The van der Waals surface area contributed by atoms with Crippen LogP contribution in [0.2, 0.25) is 18.1 Å². The highest BCUT2D eigenvalue weighted by Crippen LogP contribution is 2.36. The Morgan fingerprint density at radius 1 is 1.43 bits per heavy atom. The largest absolute Gasteiger partial charge is 0.413 e. The van der Waals surface area contributed by atoms with Gasteiger partial charge in [-0.2, -0.15) is 0 Å². The van der Waals surface area contributed by atoms with Crippen LogP contribution in [-0.2, 0) is 4.43 Å². The molecule has 0 spiro atoms. The minimum Gasteiger partial charge on any atom is -0.413 e. The van der Waals surface area contributed by atoms with Crippen LogP contribution in [0.1, 0.15) is 27.7 Å². The summed E-state index contributed by atoms with van der Waals surface area (Å²) in [5.74, 6) is 2.59. The first kappa shape index (κ1) is 13.5. The predicted molar refractivity (Wildman–Crippen MR) is 65.7 cm³/mol. The molecule has 2 heteroatoms. The third-order valence-corrected chi connectivity index (χ3v) is 7.37. The number of terminal acetylenes is 1. The quantitative estimate of drug-likeness (QED) is 0.511. The van der Waals surface area contributed by atoms with E-state index in [1.54, 1.807) is 0 Å². The summed E-state index contributed by atoms with van der Waals surface area (Å²) in [4.78, 5) is 0. The number of hydrogen-bond acceptors (Lipinski definition) is 1. The van der Waals surface area contributed by atoms with E-state index in [9.17, 15) is 0 Å². The molecule has 0 saturated carbocycles. The van der Waals surface area contributed by atoms with E-state index >= 15 is 0 Å². The van der Waals surface area contributed by atoms with Crippen molar-refractivity contribution in [3.63, 3.8) is 0 Å². The third-order valence-electron chi connectivity index (χ3n) is 2.87. The fourth-order valence-corrected chi connectivity index (χ4v) is 1.58. The maximum Gasteiger partial charge on any atom is 0.192 e. The van der Waals surface area contributed by atoms with Crippen LogP contribution in [0.15, 0.2) is 11.6 Å². The molecule has 0 atom stereocenters. The first-order chi connectivity index (χ1) is 6.20. The van der Waals surface area contributed by atoms with Gasteiger partial charge in [0, 0.05) is 0 Å². The third kappa shape index (κ3) is 4.12. The fraction of sp³-hybridized carbons (Fsp3) is 0.667. The highest BCUT2D eigenvalue weighted by molar-refractivity contribution is 6.74. The zero-order chi connectivity index (χ0) is 11.4. The van der Waals surface area contributed by atoms with Crippen LogP contribution < -0.4 is 0 Å². The summed E-state index contributed by atoms with van der Waals surface area (Å²) in [6.07, 6.45) is 7.22. The Labute approximate surface area is 89.7 Å². The molecule has 0 aliphatic rings. The Bertz CT molecular complexity index is 250. The van der Waals surface area contributed by atoms with Crippen molar-refractivity contribution in [1.29, 1.82) is 0 Å². The minimum absolute atomic E-state index is 0.269. The van der Waals surface area contributed by atoms with Crippen molar-refractivity contribution in [2.75, 3.05) is 6.61 Å². The van der Waals surface area contributed by atoms with E-state index in [4.69, 9.17) is 10.8 Å². The van der Waals surface area contributed by atoms with Gasteiger partial charge in [-0.05, 0) is 36.7 Å². The van der Waals surface area contributed by atoms with Crippen molar-refractivity contribution in [1.82, 2.24) is 0 Å². The Kier molecular flexibility index (Phi) is 4.63. The topological polar surface area (TPSA) is 9.23 Å². The average molecular weight is 210 g/mol.